The molecule has 0 saturated heterocycles. The van der Waals surface area contributed by atoms with E-state index >= 15 is 0 Å². The maximum Gasteiger partial charge on any atom is 0.249 e. The van der Waals surface area contributed by atoms with Crippen molar-refractivity contribution in [2.45, 2.75) is 39.3 Å². The summed E-state index contributed by atoms with van der Waals surface area (Å²) in [5, 5.41) is 8.72. The summed E-state index contributed by atoms with van der Waals surface area (Å²) in [7, 11) is 3.18. The van der Waals surface area contributed by atoms with Gasteiger partial charge in [-0.2, -0.15) is 0 Å². The first kappa shape index (κ1) is 22.6. The lowest BCUT2D eigenvalue weighted by atomic mass is 10.1. The number of carbonyl (C=O) groups excluding carboxylic acids is 1. The molecule has 0 N–H and O–H groups in total. The van der Waals surface area contributed by atoms with Crippen molar-refractivity contribution in [2.75, 3.05) is 14.2 Å². The number of aryl methyl sites for hydroxylation is 1. The van der Waals surface area contributed by atoms with Gasteiger partial charge in [-0.05, 0) is 44.0 Å². The summed E-state index contributed by atoms with van der Waals surface area (Å²) in [5.41, 5.74) is 1.58. The summed E-state index contributed by atoms with van der Waals surface area (Å²) < 4.78 is 16.6. The smallest absolute Gasteiger partial charge is 0.249 e. The predicted molar refractivity (Wildman–Crippen MR) is 118 cm³/mol. The number of para-hydroxylation sites is 1. The van der Waals surface area contributed by atoms with Gasteiger partial charge in [0.1, 0.15) is 0 Å². The highest BCUT2D eigenvalue weighted by molar-refractivity contribution is 6.33. The average molecular weight is 444 g/mol. The van der Waals surface area contributed by atoms with Crippen LogP contribution in [-0.2, 0) is 17.8 Å². The van der Waals surface area contributed by atoms with Gasteiger partial charge in [-0.3, -0.25) is 4.79 Å². The zero-order valence-electron chi connectivity index (χ0n) is 18.1. The molecule has 0 aliphatic rings. The molecule has 0 radical (unpaired) electrons. The van der Waals surface area contributed by atoms with Gasteiger partial charge >= 0.3 is 0 Å². The second-order valence-electron chi connectivity index (χ2n) is 7.25. The standard InChI is InChI=1S/C23H26ClN3O4/c1-15(2)27(14-20-25-26-23(31-20)17-9-5-6-10-18(17)24)21(28)13-12-16-8-7-11-19(29-3)22(16)30-4/h5-11,15H,12-14H2,1-4H3. The normalized spacial score (nSPS) is 10.9. The molecule has 0 saturated carbocycles. The van der Waals surface area contributed by atoms with Crippen LogP contribution in [0.15, 0.2) is 46.9 Å². The van der Waals surface area contributed by atoms with Gasteiger partial charge in [-0.15, -0.1) is 10.2 Å². The maximum absolute atomic E-state index is 13.0. The van der Waals surface area contributed by atoms with E-state index in [-0.39, 0.29) is 18.5 Å². The number of aromatic nitrogens is 2. The van der Waals surface area contributed by atoms with E-state index in [2.05, 4.69) is 10.2 Å². The molecule has 2 aromatic carbocycles. The second kappa shape index (κ2) is 10.3. The third-order valence-electron chi connectivity index (χ3n) is 4.91. The van der Waals surface area contributed by atoms with E-state index in [0.717, 1.165) is 5.56 Å². The molecule has 164 valence electrons. The molecular weight excluding hydrogens is 418 g/mol. The van der Waals surface area contributed by atoms with Gasteiger partial charge < -0.3 is 18.8 Å². The van der Waals surface area contributed by atoms with Crippen LogP contribution in [0.4, 0.5) is 0 Å². The highest BCUT2D eigenvalue weighted by atomic mass is 35.5. The van der Waals surface area contributed by atoms with Crippen LogP contribution < -0.4 is 9.47 Å². The highest BCUT2D eigenvalue weighted by Crippen LogP contribution is 2.31. The molecule has 0 bridgehead atoms. The summed E-state index contributed by atoms with van der Waals surface area (Å²) >= 11 is 6.21. The number of amides is 1. The monoisotopic (exact) mass is 443 g/mol. The fourth-order valence-corrected chi connectivity index (χ4v) is 3.52. The Morgan fingerprint density at radius 1 is 1.10 bits per heavy atom. The molecule has 0 atom stereocenters. The lowest BCUT2D eigenvalue weighted by Crippen LogP contribution is -2.36. The minimum atomic E-state index is -0.0321. The summed E-state index contributed by atoms with van der Waals surface area (Å²) in [5.74, 6) is 1.97. The van der Waals surface area contributed by atoms with Crippen LogP contribution in [0.2, 0.25) is 5.02 Å². The Kier molecular flexibility index (Phi) is 7.52. The third kappa shape index (κ3) is 5.35. The van der Waals surface area contributed by atoms with Gasteiger partial charge in [-0.25, -0.2) is 0 Å². The van der Waals surface area contributed by atoms with Crippen molar-refractivity contribution >= 4 is 17.5 Å². The molecule has 0 fully saturated rings. The molecule has 1 amide bonds. The second-order valence-corrected chi connectivity index (χ2v) is 7.66. The Labute approximate surface area is 186 Å². The molecule has 3 aromatic rings. The number of methoxy groups -OCH3 is 2. The highest BCUT2D eigenvalue weighted by Gasteiger charge is 2.22. The van der Waals surface area contributed by atoms with Crippen LogP contribution >= 0.6 is 11.6 Å². The number of halogens is 1. The summed E-state index contributed by atoms with van der Waals surface area (Å²) in [6, 6.07) is 12.9. The molecule has 31 heavy (non-hydrogen) atoms. The van der Waals surface area contributed by atoms with Crippen LogP contribution in [0, 0.1) is 0 Å². The molecule has 0 spiro atoms. The van der Waals surface area contributed by atoms with Gasteiger partial charge in [0.2, 0.25) is 17.7 Å². The number of nitrogens with zero attached hydrogens (tertiary/aromatic N) is 3. The molecule has 0 aliphatic carbocycles. The summed E-state index contributed by atoms with van der Waals surface area (Å²) in [4.78, 5) is 14.7. The predicted octanol–water partition coefficient (Wildman–Crippen LogP) is 4.78. The number of hydrogen-bond donors (Lipinski definition) is 0. The van der Waals surface area contributed by atoms with Gasteiger partial charge in [0.15, 0.2) is 11.5 Å². The topological polar surface area (TPSA) is 77.7 Å². The van der Waals surface area contributed by atoms with Crippen molar-refractivity contribution in [3.05, 3.63) is 58.9 Å². The number of carbonyl (C=O) groups is 1. The van der Waals surface area contributed by atoms with Crippen LogP contribution in [0.3, 0.4) is 0 Å². The van der Waals surface area contributed by atoms with Crippen LogP contribution in [-0.4, -0.2) is 41.3 Å². The van der Waals surface area contributed by atoms with Gasteiger partial charge in [0.05, 0.1) is 31.4 Å². The van der Waals surface area contributed by atoms with Crippen molar-refractivity contribution in [1.29, 1.82) is 0 Å². The Balaban J connectivity index is 1.70. The minimum Gasteiger partial charge on any atom is -0.493 e. The summed E-state index contributed by atoms with van der Waals surface area (Å²) in [6.45, 7) is 4.13. The third-order valence-corrected chi connectivity index (χ3v) is 5.24. The minimum absolute atomic E-state index is 0.0163. The number of rotatable bonds is 9. The lowest BCUT2D eigenvalue weighted by Gasteiger charge is -2.25. The molecule has 3 rings (SSSR count). The van der Waals surface area contributed by atoms with Gasteiger partial charge in [-0.1, -0.05) is 35.9 Å². The molecule has 7 nitrogen and oxygen atoms in total. The molecular formula is C23H26ClN3O4. The van der Waals surface area contributed by atoms with Crippen molar-refractivity contribution in [3.63, 3.8) is 0 Å². The van der Waals surface area contributed by atoms with E-state index in [9.17, 15) is 4.79 Å². The van der Waals surface area contributed by atoms with Crippen molar-refractivity contribution in [2.24, 2.45) is 0 Å². The fourth-order valence-electron chi connectivity index (χ4n) is 3.30. The SMILES string of the molecule is COc1cccc(CCC(=O)N(Cc2nnc(-c3ccccc3Cl)o2)C(C)C)c1OC. The van der Waals surface area contributed by atoms with E-state index < -0.39 is 0 Å². The van der Waals surface area contributed by atoms with E-state index in [4.69, 9.17) is 25.5 Å². The van der Waals surface area contributed by atoms with E-state index in [1.165, 1.54) is 0 Å². The van der Waals surface area contributed by atoms with Gasteiger partial charge in [0, 0.05) is 12.5 Å². The molecule has 0 aliphatic heterocycles. The zero-order chi connectivity index (χ0) is 22.4. The van der Waals surface area contributed by atoms with E-state index in [1.54, 1.807) is 25.2 Å². The van der Waals surface area contributed by atoms with Crippen molar-refractivity contribution in [3.8, 4) is 23.0 Å². The fraction of sp³-hybridized carbons (Fsp3) is 0.348. The maximum atomic E-state index is 13.0. The van der Waals surface area contributed by atoms with E-state index in [0.29, 0.717) is 46.7 Å². The first-order valence-corrected chi connectivity index (χ1v) is 10.4. The largest absolute Gasteiger partial charge is 0.493 e. The van der Waals surface area contributed by atoms with Crippen molar-refractivity contribution < 1.29 is 18.7 Å². The molecule has 8 heteroatoms. The zero-order valence-corrected chi connectivity index (χ0v) is 18.8. The molecule has 1 heterocycles. The van der Waals surface area contributed by atoms with Crippen molar-refractivity contribution in [1.82, 2.24) is 15.1 Å². The average Bonchev–Trinajstić information content (AvgIpc) is 3.23. The Morgan fingerprint density at radius 3 is 2.55 bits per heavy atom. The van der Waals surface area contributed by atoms with E-state index in [1.807, 2.05) is 50.2 Å². The first-order valence-electron chi connectivity index (χ1n) is 10.0. The Morgan fingerprint density at radius 2 is 1.87 bits per heavy atom. The quantitative estimate of drug-likeness (QED) is 0.473. The molecule has 1 aromatic heterocycles. The van der Waals surface area contributed by atoms with Crippen LogP contribution in [0.5, 0.6) is 11.5 Å². The molecule has 0 unspecified atom stereocenters. The first-order chi connectivity index (χ1) is 14.9. The van der Waals surface area contributed by atoms with Crippen LogP contribution in [0.1, 0.15) is 31.7 Å². The summed E-state index contributed by atoms with van der Waals surface area (Å²) in [6.07, 6.45) is 0.838. The Hall–Kier alpha value is -3.06. The van der Waals surface area contributed by atoms with Crippen LogP contribution in [0.25, 0.3) is 11.5 Å². The number of ether oxygens (including phenoxy) is 2. The lowest BCUT2D eigenvalue weighted by molar-refractivity contribution is -0.133. The number of hydrogen-bond acceptors (Lipinski definition) is 6. The van der Waals surface area contributed by atoms with Gasteiger partial charge in [0.25, 0.3) is 0 Å². The Bertz CT molecular complexity index is 1040. The number of benzene rings is 2.